The molecule has 2 aliphatic rings. The molecule has 1 saturated heterocycles. The average molecular weight is 389 g/mol. The molecule has 0 spiro atoms. The van der Waals surface area contributed by atoms with E-state index in [4.69, 9.17) is 0 Å². The SMILES string of the molecule is Cc1ccc(-c2ccccc2[C@@H]2[C@@H](CO)N(C(=O)NC3CCCC3)[C@H]2C#N)cc1. The van der Waals surface area contributed by atoms with Gasteiger partial charge in [-0.3, -0.25) is 0 Å². The molecule has 2 fully saturated rings. The van der Waals surface area contributed by atoms with Crippen molar-refractivity contribution in [3.63, 3.8) is 0 Å². The van der Waals surface area contributed by atoms with E-state index in [-0.39, 0.29) is 24.6 Å². The Kier molecular flexibility index (Phi) is 5.55. The van der Waals surface area contributed by atoms with E-state index in [9.17, 15) is 15.2 Å². The summed E-state index contributed by atoms with van der Waals surface area (Å²) < 4.78 is 0. The van der Waals surface area contributed by atoms with E-state index < -0.39 is 12.1 Å². The number of aliphatic hydroxyl groups excluding tert-OH is 1. The average Bonchev–Trinajstić information content (AvgIpc) is 3.22. The maximum Gasteiger partial charge on any atom is 0.319 e. The monoisotopic (exact) mass is 389 g/mol. The molecule has 2 amide bonds. The zero-order chi connectivity index (χ0) is 20.4. The lowest BCUT2D eigenvalue weighted by Gasteiger charge is -2.52. The summed E-state index contributed by atoms with van der Waals surface area (Å²) in [4.78, 5) is 14.4. The maximum absolute atomic E-state index is 12.8. The number of aliphatic hydroxyl groups is 1. The number of likely N-dealkylation sites (tertiary alicyclic amines) is 1. The van der Waals surface area contributed by atoms with Gasteiger partial charge in [-0.25, -0.2) is 4.79 Å². The third-order valence-corrected chi connectivity index (χ3v) is 6.33. The van der Waals surface area contributed by atoms with Crippen molar-refractivity contribution in [2.45, 2.75) is 56.7 Å². The quantitative estimate of drug-likeness (QED) is 0.831. The van der Waals surface area contributed by atoms with E-state index in [0.717, 1.165) is 42.4 Å². The van der Waals surface area contributed by atoms with Crippen molar-refractivity contribution >= 4 is 6.03 Å². The Morgan fingerprint density at radius 1 is 1.17 bits per heavy atom. The first-order valence-electron chi connectivity index (χ1n) is 10.4. The minimum Gasteiger partial charge on any atom is -0.394 e. The van der Waals surface area contributed by atoms with Crippen LogP contribution in [0, 0.1) is 18.3 Å². The number of urea groups is 1. The van der Waals surface area contributed by atoms with Crippen molar-refractivity contribution in [3.8, 4) is 17.2 Å². The van der Waals surface area contributed by atoms with Crippen LogP contribution in [0.15, 0.2) is 48.5 Å². The third kappa shape index (κ3) is 3.61. The highest BCUT2D eigenvalue weighted by atomic mass is 16.3. The summed E-state index contributed by atoms with van der Waals surface area (Å²) in [5.74, 6) is -0.211. The maximum atomic E-state index is 12.8. The summed E-state index contributed by atoms with van der Waals surface area (Å²) in [7, 11) is 0. The van der Waals surface area contributed by atoms with Crippen LogP contribution >= 0.6 is 0 Å². The molecule has 4 rings (SSSR count). The van der Waals surface area contributed by atoms with E-state index in [1.165, 1.54) is 10.5 Å². The fourth-order valence-corrected chi connectivity index (χ4v) is 4.76. The first-order chi connectivity index (χ1) is 14.1. The number of amides is 2. The molecule has 0 unspecified atom stereocenters. The van der Waals surface area contributed by atoms with Gasteiger partial charge in [0.2, 0.25) is 0 Å². The van der Waals surface area contributed by atoms with Gasteiger partial charge in [-0.15, -0.1) is 0 Å². The van der Waals surface area contributed by atoms with Crippen molar-refractivity contribution in [2.75, 3.05) is 6.61 Å². The first-order valence-corrected chi connectivity index (χ1v) is 10.4. The number of benzene rings is 2. The first kappa shape index (κ1) is 19.5. The molecular formula is C24H27N3O2. The molecule has 29 heavy (non-hydrogen) atoms. The van der Waals surface area contributed by atoms with Gasteiger partial charge >= 0.3 is 6.03 Å². The molecule has 1 saturated carbocycles. The standard InChI is InChI=1S/C24H27N3O2/c1-16-10-12-17(13-11-16)19-8-4-5-9-20(19)23-21(14-25)27(22(23)15-28)24(29)26-18-6-2-3-7-18/h4-5,8-13,18,21-23,28H,2-3,6-7,15H2,1H3,(H,26,29)/t21-,22+,23-/m0/s1. The molecule has 1 aliphatic heterocycles. The van der Waals surface area contributed by atoms with Crippen LogP contribution in [0.1, 0.15) is 42.7 Å². The number of carbonyl (C=O) groups is 1. The summed E-state index contributed by atoms with van der Waals surface area (Å²) in [5, 5.41) is 23.0. The summed E-state index contributed by atoms with van der Waals surface area (Å²) >= 11 is 0. The van der Waals surface area contributed by atoms with Crippen LogP contribution in [-0.4, -0.2) is 40.8 Å². The Labute approximate surface area is 172 Å². The second kappa shape index (κ2) is 8.26. The lowest BCUT2D eigenvalue weighted by atomic mass is 9.73. The van der Waals surface area contributed by atoms with Gasteiger partial charge in [0, 0.05) is 12.0 Å². The molecule has 2 N–H and O–H groups in total. The van der Waals surface area contributed by atoms with Crippen molar-refractivity contribution in [2.24, 2.45) is 0 Å². The molecule has 0 bridgehead atoms. The molecular weight excluding hydrogens is 362 g/mol. The van der Waals surface area contributed by atoms with Crippen molar-refractivity contribution in [1.82, 2.24) is 10.2 Å². The number of carbonyl (C=O) groups excluding carboxylic acids is 1. The fraction of sp³-hybridized carbons (Fsp3) is 0.417. The summed E-state index contributed by atoms with van der Waals surface area (Å²) in [5.41, 5.74) is 4.32. The number of nitriles is 1. The smallest absolute Gasteiger partial charge is 0.319 e. The highest BCUT2D eigenvalue weighted by Gasteiger charge is 2.52. The van der Waals surface area contributed by atoms with Crippen molar-refractivity contribution in [3.05, 3.63) is 59.7 Å². The second-order valence-corrected chi connectivity index (χ2v) is 8.14. The topological polar surface area (TPSA) is 76.4 Å². The zero-order valence-electron chi connectivity index (χ0n) is 16.7. The molecule has 5 heteroatoms. The molecule has 3 atom stereocenters. The molecule has 5 nitrogen and oxygen atoms in total. The Morgan fingerprint density at radius 3 is 2.52 bits per heavy atom. The Morgan fingerprint density at radius 2 is 1.86 bits per heavy atom. The predicted octanol–water partition coefficient (Wildman–Crippen LogP) is 3.97. The van der Waals surface area contributed by atoms with Crippen LogP contribution in [0.25, 0.3) is 11.1 Å². The van der Waals surface area contributed by atoms with E-state index >= 15 is 0 Å². The molecule has 0 radical (unpaired) electrons. The van der Waals surface area contributed by atoms with Gasteiger partial charge in [0.15, 0.2) is 0 Å². The predicted molar refractivity (Wildman–Crippen MR) is 112 cm³/mol. The number of nitrogens with zero attached hydrogens (tertiary/aromatic N) is 2. The van der Waals surface area contributed by atoms with Crippen molar-refractivity contribution in [1.29, 1.82) is 5.26 Å². The highest BCUT2D eigenvalue weighted by Crippen LogP contribution is 2.44. The number of nitrogens with one attached hydrogen (secondary N) is 1. The molecule has 1 heterocycles. The van der Waals surface area contributed by atoms with Gasteiger partial charge in [0.25, 0.3) is 0 Å². The van der Waals surface area contributed by atoms with Crippen LogP contribution in [0.4, 0.5) is 4.79 Å². The van der Waals surface area contributed by atoms with Gasteiger partial charge in [-0.1, -0.05) is 66.9 Å². The van der Waals surface area contributed by atoms with Gasteiger partial charge in [-0.05, 0) is 36.5 Å². The molecule has 2 aromatic carbocycles. The van der Waals surface area contributed by atoms with E-state index in [1.54, 1.807) is 0 Å². The minimum atomic E-state index is -0.583. The molecule has 0 aromatic heterocycles. The Balaban J connectivity index is 1.62. The molecule has 2 aromatic rings. The van der Waals surface area contributed by atoms with Crippen LogP contribution < -0.4 is 5.32 Å². The second-order valence-electron chi connectivity index (χ2n) is 8.14. The van der Waals surface area contributed by atoms with Gasteiger partial charge in [0.05, 0.1) is 18.7 Å². The molecule has 150 valence electrons. The number of aryl methyl sites for hydroxylation is 1. The number of rotatable bonds is 4. The van der Waals surface area contributed by atoms with E-state index in [1.807, 2.05) is 24.3 Å². The largest absolute Gasteiger partial charge is 0.394 e. The zero-order valence-corrected chi connectivity index (χ0v) is 16.7. The number of hydrogen-bond acceptors (Lipinski definition) is 3. The highest BCUT2D eigenvalue weighted by molar-refractivity contribution is 5.79. The van der Waals surface area contributed by atoms with Crippen LogP contribution in [-0.2, 0) is 0 Å². The fourth-order valence-electron chi connectivity index (χ4n) is 4.76. The van der Waals surface area contributed by atoms with Crippen LogP contribution in [0.5, 0.6) is 0 Å². The number of hydrogen-bond donors (Lipinski definition) is 2. The minimum absolute atomic E-state index is 0.164. The Hall–Kier alpha value is -2.84. The van der Waals surface area contributed by atoms with Crippen LogP contribution in [0.3, 0.4) is 0 Å². The van der Waals surface area contributed by atoms with E-state index in [0.29, 0.717) is 0 Å². The normalized spacial score (nSPS) is 24.0. The molecule has 1 aliphatic carbocycles. The van der Waals surface area contributed by atoms with Gasteiger partial charge in [-0.2, -0.15) is 5.26 Å². The van der Waals surface area contributed by atoms with E-state index in [2.05, 4.69) is 42.6 Å². The lowest BCUT2D eigenvalue weighted by Crippen LogP contribution is -2.67. The summed E-state index contributed by atoms with van der Waals surface area (Å²) in [6.45, 7) is 1.89. The van der Waals surface area contributed by atoms with Gasteiger partial charge < -0.3 is 15.3 Å². The summed E-state index contributed by atoms with van der Waals surface area (Å²) in [6.07, 6.45) is 4.23. The van der Waals surface area contributed by atoms with Crippen molar-refractivity contribution < 1.29 is 9.90 Å². The summed E-state index contributed by atoms with van der Waals surface area (Å²) in [6, 6.07) is 17.6. The Bertz CT molecular complexity index is 912. The van der Waals surface area contributed by atoms with Gasteiger partial charge in [0.1, 0.15) is 6.04 Å². The van der Waals surface area contributed by atoms with Crippen LogP contribution in [0.2, 0.25) is 0 Å². The lowest BCUT2D eigenvalue weighted by molar-refractivity contribution is 0.0160. The third-order valence-electron chi connectivity index (χ3n) is 6.33.